The molecule has 0 aliphatic rings. The Labute approximate surface area is 92.8 Å². The van der Waals surface area contributed by atoms with Crippen LogP contribution >= 0.6 is 0 Å². The van der Waals surface area contributed by atoms with E-state index < -0.39 is 5.97 Å². The number of hydrogen-bond donors (Lipinski definition) is 0. The van der Waals surface area contributed by atoms with E-state index in [1.54, 1.807) is 18.3 Å². The van der Waals surface area contributed by atoms with E-state index in [-0.39, 0.29) is 0 Å². The molecule has 1 aromatic heterocycles. The van der Waals surface area contributed by atoms with Crippen molar-refractivity contribution in [1.82, 2.24) is 4.98 Å². The molecule has 82 valence electrons. The fraction of sp³-hybridized carbons (Fsp3) is 0.167. The molecular formula is C12H11NO3. The van der Waals surface area contributed by atoms with Crippen LogP contribution in [0.4, 0.5) is 0 Å². The first kappa shape index (κ1) is 10.4. The van der Waals surface area contributed by atoms with Crippen LogP contribution in [-0.4, -0.2) is 25.2 Å². The van der Waals surface area contributed by atoms with Crippen LogP contribution in [0.3, 0.4) is 0 Å². The molecule has 4 nitrogen and oxygen atoms in total. The van der Waals surface area contributed by atoms with Crippen molar-refractivity contribution in [2.24, 2.45) is 0 Å². The van der Waals surface area contributed by atoms with E-state index in [1.807, 2.05) is 12.1 Å². The predicted octanol–water partition coefficient (Wildman–Crippen LogP) is 2.03. The number of fused-ring (bicyclic) bond motifs is 1. The summed E-state index contributed by atoms with van der Waals surface area (Å²) in [5.41, 5.74) is 0.463. The molecule has 0 atom stereocenters. The highest BCUT2D eigenvalue weighted by molar-refractivity contribution is 6.06. The van der Waals surface area contributed by atoms with Crippen LogP contribution < -0.4 is 4.74 Å². The number of hydrogen-bond acceptors (Lipinski definition) is 4. The molecule has 0 bridgehead atoms. The molecule has 1 heterocycles. The number of carbonyl (C=O) groups excluding carboxylic acids is 1. The smallest absolute Gasteiger partial charge is 0.338 e. The van der Waals surface area contributed by atoms with Crippen LogP contribution in [0.25, 0.3) is 10.8 Å². The largest absolute Gasteiger partial charge is 0.481 e. The second-order valence-electron chi connectivity index (χ2n) is 3.22. The molecule has 0 amide bonds. The number of ether oxygens (including phenoxy) is 2. The minimum absolute atomic E-state index is 0.392. The van der Waals surface area contributed by atoms with Crippen molar-refractivity contribution in [3.8, 4) is 5.88 Å². The van der Waals surface area contributed by atoms with Gasteiger partial charge in [-0.2, -0.15) is 0 Å². The minimum Gasteiger partial charge on any atom is -0.481 e. The maximum Gasteiger partial charge on any atom is 0.338 e. The summed E-state index contributed by atoms with van der Waals surface area (Å²) >= 11 is 0. The van der Waals surface area contributed by atoms with E-state index in [1.165, 1.54) is 14.2 Å². The molecule has 0 unspecified atom stereocenters. The Kier molecular flexibility index (Phi) is 2.72. The zero-order valence-corrected chi connectivity index (χ0v) is 9.06. The van der Waals surface area contributed by atoms with E-state index in [0.717, 1.165) is 5.39 Å². The SMILES string of the molecule is COC(=O)c1cccc2ccnc(OC)c12. The van der Waals surface area contributed by atoms with Gasteiger partial charge >= 0.3 is 5.97 Å². The molecule has 0 saturated heterocycles. The average molecular weight is 217 g/mol. The predicted molar refractivity (Wildman–Crippen MR) is 59.6 cm³/mol. The van der Waals surface area contributed by atoms with Crippen LogP contribution in [0.2, 0.25) is 0 Å². The Morgan fingerprint density at radius 3 is 2.75 bits per heavy atom. The van der Waals surface area contributed by atoms with Gasteiger partial charge in [0.05, 0.1) is 25.2 Å². The number of methoxy groups -OCH3 is 2. The summed E-state index contributed by atoms with van der Waals surface area (Å²) in [4.78, 5) is 15.7. The molecule has 0 aliphatic heterocycles. The normalized spacial score (nSPS) is 10.1. The first-order valence-electron chi connectivity index (χ1n) is 4.78. The molecule has 2 aromatic rings. The highest BCUT2D eigenvalue weighted by atomic mass is 16.5. The molecule has 0 radical (unpaired) electrons. The second-order valence-corrected chi connectivity index (χ2v) is 3.22. The summed E-state index contributed by atoms with van der Waals surface area (Å²) < 4.78 is 9.87. The van der Waals surface area contributed by atoms with Crippen molar-refractivity contribution >= 4 is 16.7 Å². The van der Waals surface area contributed by atoms with Gasteiger partial charge < -0.3 is 9.47 Å². The number of aromatic nitrogens is 1. The third kappa shape index (κ3) is 1.58. The van der Waals surface area contributed by atoms with Crippen molar-refractivity contribution in [2.75, 3.05) is 14.2 Å². The average Bonchev–Trinajstić information content (AvgIpc) is 2.36. The maximum atomic E-state index is 11.6. The van der Waals surface area contributed by atoms with Gasteiger partial charge in [0.25, 0.3) is 0 Å². The topological polar surface area (TPSA) is 48.4 Å². The third-order valence-corrected chi connectivity index (χ3v) is 2.36. The molecule has 0 aliphatic carbocycles. The quantitative estimate of drug-likeness (QED) is 0.722. The first-order chi connectivity index (χ1) is 7.77. The maximum absolute atomic E-state index is 11.6. The fourth-order valence-corrected chi connectivity index (χ4v) is 1.63. The van der Waals surface area contributed by atoms with E-state index in [2.05, 4.69) is 4.98 Å². The number of benzene rings is 1. The van der Waals surface area contributed by atoms with Crippen molar-refractivity contribution in [3.05, 3.63) is 36.0 Å². The molecule has 0 saturated carbocycles. The summed E-state index contributed by atoms with van der Waals surface area (Å²) in [6, 6.07) is 7.21. The number of carbonyl (C=O) groups is 1. The van der Waals surface area contributed by atoms with E-state index in [0.29, 0.717) is 16.8 Å². The standard InChI is InChI=1S/C12H11NO3/c1-15-11-10-8(6-7-13-11)4-3-5-9(10)12(14)16-2/h3-7H,1-2H3. The van der Waals surface area contributed by atoms with Gasteiger partial charge in [-0.15, -0.1) is 0 Å². The molecular weight excluding hydrogens is 206 g/mol. The van der Waals surface area contributed by atoms with E-state index in [9.17, 15) is 4.79 Å². The Morgan fingerprint density at radius 2 is 2.06 bits per heavy atom. The van der Waals surface area contributed by atoms with Crippen molar-refractivity contribution in [3.63, 3.8) is 0 Å². The van der Waals surface area contributed by atoms with Crippen LogP contribution in [0.5, 0.6) is 5.88 Å². The zero-order chi connectivity index (χ0) is 11.5. The van der Waals surface area contributed by atoms with Gasteiger partial charge in [0.15, 0.2) is 0 Å². The lowest BCUT2D eigenvalue weighted by molar-refractivity contribution is 0.0602. The lowest BCUT2D eigenvalue weighted by Gasteiger charge is -2.07. The third-order valence-electron chi connectivity index (χ3n) is 2.36. The van der Waals surface area contributed by atoms with Crippen LogP contribution in [-0.2, 0) is 4.74 Å². The number of esters is 1. The number of nitrogens with zero attached hydrogens (tertiary/aromatic N) is 1. The van der Waals surface area contributed by atoms with Crippen LogP contribution in [0.1, 0.15) is 10.4 Å². The number of pyridine rings is 1. The summed E-state index contributed by atoms with van der Waals surface area (Å²) in [7, 11) is 2.87. The molecule has 1 aromatic carbocycles. The van der Waals surface area contributed by atoms with Gasteiger partial charge in [0, 0.05) is 6.20 Å². The second kappa shape index (κ2) is 4.18. The Balaban J connectivity index is 2.78. The van der Waals surface area contributed by atoms with Crippen LogP contribution in [0, 0.1) is 0 Å². The molecule has 0 fully saturated rings. The Bertz CT molecular complexity index is 532. The van der Waals surface area contributed by atoms with Gasteiger partial charge in [-0.1, -0.05) is 12.1 Å². The summed E-state index contributed by atoms with van der Waals surface area (Å²) in [6.45, 7) is 0. The first-order valence-corrected chi connectivity index (χ1v) is 4.78. The summed E-state index contributed by atoms with van der Waals surface area (Å²) in [5, 5.41) is 1.58. The van der Waals surface area contributed by atoms with Gasteiger partial charge in [0.1, 0.15) is 0 Å². The van der Waals surface area contributed by atoms with E-state index in [4.69, 9.17) is 9.47 Å². The van der Waals surface area contributed by atoms with Crippen molar-refractivity contribution in [1.29, 1.82) is 0 Å². The van der Waals surface area contributed by atoms with Gasteiger partial charge in [-0.3, -0.25) is 0 Å². The summed E-state index contributed by atoms with van der Waals surface area (Å²) in [5.74, 6) is 0.0374. The van der Waals surface area contributed by atoms with Gasteiger partial charge in [0.2, 0.25) is 5.88 Å². The highest BCUT2D eigenvalue weighted by Gasteiger charge is 2.14. The molecule has 2 rings (SSSR count). The zero-order valence-electron chi connectivity index (χ0n) is 9.06. The van der Waals surface area contributed by atoms with Crippen molar-refractivity contribution < 1.29 is 14.3 Å². The minimum atomic E-state index is -0.392. The molecule has 16 heavy (non-hydrogen) atoms. The highest BCUT2D eigenvalue weighted by Crippen LogP contribution is 2.26. The van der Waals surface area contributed by atoms with Crippen molar-refractivity contribution in [2.45, 2.75) is 0 Å². The van der Waals surface area contributed by atoms with Gasteiger partial charge in [-0.25, -0.2) is 9.78 Å². The van der Waals surface area contributed by atoms with Crippen LogP contribution in [0.15, 0.2) is 30.5 Å². The molecule has 0 spiro atoms. The monoisotopic (exact) mass is 217 g/mol. The fourth-order valence-electron chi connectivity index (χ4n) is 1.63. The summed E-state index contributed by atoms with van der Waals surface area (Å²) in [6.07, 6.45) is 1.64. The van der Waals surface area contributed by atoms with E-state index >= 15 is 0 Å². The Morgan fingerprint density at radius 1 is 1.25 bits per heavy atom. The lowest BCUT2D eigenvalue weighted by Crippen LogP contribution is -2.03. The van der Waals surface area contributed by atoms with Gasteiger partial charge in [-0.05, 0) is 17.5 Å². The lowest BCUT2D eigenvalue weighted by atomic mass is 10.1. The molecule has 0 N–H and O–H groups in total. The number of rotatable bonds is 2. The Hall–Kier alpha value is -2.10. The molecule has 4 heteroatoms.